The number of nitrogens with one attached hydrogen (secondary N) is 2. The number of anilines is 5. The molecule has 0 radical (unpaired) electrons. The number of hydrogen-bond donors (Lipinski definition) is 3. The molecule has 3 aromatic rings. The van der Waals surface area contributed by atoms with Gasteiger partial charge in [-0.2, -0.15) is 28.1 Å². The molecule has 9 nitrogen and oxygen atoms in total. The molecule has 0 saturated carbocycles. The molecule has 1 aromatic heterocycles. The highest BCUT2D eigenvalue weighted by molar-refractivity contribution is 6.06. The van der Waals surface area contributed by atoms with Gasteiger partial charge in [0.05, 0.1) is 11.1 Å². The molecule has 3 heterocycles. The van der Waals surface area contributed by atoms with Crippen LogP contribution in [0.25, 0.3) is 0 Å². The van der Waals surface area contributed by atoms with E-state index >= 15 is 0 Å². The number of aromatic hydroxyl groups is 1. The summed E-state index contributed by atoms with van der Waals surface area (Å²) in [6.07, 6.45) is 2.12. The lowest BCUT2D eigenvalue weighted by Gasteiger charge is -2.30. The molecule has 3 N–H and O–H groups in total. The molecule has 2 aliphatic heterocycles. The Morgan fingerprint density at radius 1 is 0.795 bits per heavy atom. The molecular formula is C27H30F3N7O2. The van der Waals surface area contributed by atoms with Crippen LogP contribution in [0.15, 0.2) is 42.5 Å². The molecule has 0 spiro atoms. The van der Waals surface area contributed by atoms with Crippen LogP contribution in [0.1, 0.15) is 54.4 Å². The van der Waals surface area contributed by atoms with Gasteiger partial charge in [-0.25, -0.2) is 0 Å². The molecule has 206 valence electrons. The Bertz CT molecular complexity index is 1290. The number of hydrogen-bond acceptors (Lipinski definition) is 8. The number of alkyl halides is 3. The van der Waals surface area contributed by atoms with Crippen LogP contribution in [0.4, 0.5) is 42.4 Å². The van der Waals surface area contributed by atoms with Gasteiger partial charge < -0.3 is 25.5 Å². The van der Waals surface area contributed by atoms with E-state index < -0.39 is 17.6 Å². The molecular weight excluding hydrogens is 511 g/mol. The lowest BCUT2D eigenvalue weighted by molar-refractivity contribution is -0.137. The van der Waals surface area contributed by atoms with Crippen LogP contribution in [-0.4, -0.2) is 52.1 Å². The summed E-state index contributed by atoms with van der Waals surface area (Å²) in [6, 6.07) is 8.63. The third kappa shape index (κ3) is 6.50. The molecule has 2 aliphatic rings. The van der Waals surface area contributed by atoms with Gasteiger partial charge in [-0.05, 0) is 68.9 Å². The minimum Gasteiger partial charge on any atom is -0.507 e. The van der Waals surface area contributed by atoms with E-state index in [0.717, 1.165) is 64.0 Å². The molecule has 0 atom stereocenters. The monoisotopic (exact) mass is 541 g/mol. The fourth-order valence-electron chi connectivity index (χ4n) is 4.78. The predicted octanol–water partition coefficient (Wildman–Crippen LogP) is 5.57. The quantitative estimate of drug-likeness (QED) is 0.372. The first-order valence-corrected chi connectivity index (χ1v) is 13.1. The number of carbonyl (C=O) groups is 1. The lowest BCUT2D eigenvalue weighted by Crippen LogP contribution is -2.34. The third-order valence-corrected chi connectivity index (χ3v) is 6.84. The van der Waals surface area contributed by atoms with E-state index in [1.165, 1.54) is 37.1 Å². The maximum Gasteiger partial charge on any atom is 0.416 e. The van der Waals surface area contributed by atoms with Gasteiger partial charge in [-0.15, -0.1) is 0 Å². The van der Waals surface area contributed by atoms with Gasteiger partial charge in [0.25, 0.3) is 5.91 Å². The second-order valence-electron chi connectivity index (χ2n) is 9.74. The first-order valence-electron chi connectivity index (χ1n) is 13.1. The highest BCUT2D eigenvalue weighted by Crippen LogP contribution is 2.31. The van der Waals surface area contributed by atoms with Gasteiger partial charge in [-0.1, -0.05) is 6.07 Å². The SMILES string of the molecule is O=C(Nc1cccc(C(F)(F)F)c1)c1ccc(Nc2nc(N3CCCCC3)nc(N3CCCCC3)n2)cc1O. The highest BCUT2D eigenvalue weighted by atomic mass is 19.4. The molecule has 2 fully saturated rings. The van der Waals surface area contributed by atoms with Crippen LogP contribution >= 0.6 is 0 Å². The van der Waals surface area contributed by atoms with E-state index in [1.54, 1.807) is 6.07 Å². The van der Waals surface area contributed by atoms with Crippen LogP contribution in [0.2, 0.25) is 0 Å². The smallest absolute Gasteiger partial charge is 0.416 e. The summed E-state index contributed by atoms with van der Waals surface area (Å²) in [6.45, 7) is 3.50. The van der Waals surface area contributed by atoms with Crippen molar-refractivity contribution >= 4 is 35.1 Å². The summed E-state index contributed by atoms with van der Waals surface area (Å²) >= 11 is 0. The number of benzene rings is 2. The molecule has 0 aliphatic carbocycles. The molecule has 0 unspecified atom stereocenters. The zero-order chi connectivity index (χ0) is 27.4. The first kappa shape index (κ1) is 26.5. The number of rotatable bonds is 6. The lowest BCUT2D eigenvalue weighted by atomic mass is 10.1. The summed E-state index contributed by atoms with van der Waals surface area (Å²) in [7, 11) is 0. The van der Waals surface area contributed by atoms with E-state index in [0.29, 0.717) is 23.5 Å². The standard InChI is InChI=1S/C27H30F3N7O2/c28-27(29,30)18-8-7-9-19(16-18)31-23(39)21-11-10-20(17-22(21)38)32-24-33-25(36-12-3-1-4-13-36)35-26(34-24)37-14-5-2-6-15-37/h7-11,16-17,38H,1-6,12-15H2,(H,31,39)(H,32,33,34,35). The Kier molecular flexibility index (Phi) is 7.71. The Morgan fingerprint density at radius 2 is 1.41 bits per heavy atom. The second-order valence-corrected chi connectivity index (χ2v) is 9.74. The molecule has 1 amide bonds. The largest absolute Gasteiger partial charge is 0.507 e. The summed E-state index contributed by atoms with van der Waals surface area (Å²) in [5.41, 5.74) is -0.550. The summed E-state index contributed by atoms with van der Waals surface area (Å²) in [5.74, 6) is 0.458. The van der Waals surface area contributed by atoms with E-state index in [9.17, 15) is 23.1 Å². The van der Waals surface area contributed by atoms with Crippen molar-refractivity contribution in [2.45, 2.75) is 44.7 Å². The molecule has 2 saturated heterocycles. The van der Waals surface area contributed by atoms with Crippen molar-refractivity contribution in [1.82, 2.24) is 15.0 Å². The average Bonchev–Trinajstić information content (AvgIpc) is 2.93. The van der Waals surface area contributed by atoms with Crippen LogP contribution in [-0.2, 0) is 6.18 Å². The maximum absolute atomic E-state index is 13.0. The summed E-state index contributed by atoms with van der Waals surface area (Å²) in [4.78, 5) is 31.0. The minimum atomic E-state index is -4.53. The maximum atomic E-state index is 13.0. The van der Waals surface area contributed by atoms with Crippen molar-refractivity contribution in [2.24, 2.45) is 0 Å². The van der Waals surface area contributed by atoms with Gasteiger partial charge in [0.2, 0.25) is 17.8 Å². The fraction of sp³-hybridized carbons (Fsp3) is 0.407. The normalized spacial score (nSPS) is 16.2. The number of phenols is 1. The average molecular weight is 542 g/mol. The second kappa shape index (κ2) is 11.3. The van der Waals surface area contributed by atoms with Gasteiger partial charge in [0.1, 0.15) is 5.75 Å². The number of phenolic OH excluding ortho intramolecular Hbond substituents is 1. The number of carbonyl (C=O) groups excluding carboxylic acids is 1. The van der Waals surface area contributed by atoms with E-state index in [-0.39, 0.29) is 17.0 Å². The Hall–Kier alpha value is -4.09. The molecule has 39 heavy (non-hydrogen) atoms. The van der Waals surface area contributed by atoms with Gasteiger partial charge >= 0.3 is 6.18 Å². The van der Waals surface area contributed by atoms with E-state index in [1.807, 2.05) is 0 Å². The molecule has 5 rings (SSSR count). The molecule has 12 heteroatoms. The summed E-state index contributed by atoms with van der Waals surface area (Å²) in [5, 5.41) is 16.1. The number of aromatic nitrogens is 3. The first-order chi connectivity index (χ1) is 18.8. The van der Waals surface area contributed by atoms with Crippen molar-refractivity contribution in [1.29, 1.82) is 0 Å². The zero-order valence-electron chi connectivity index (χ0n) is 21.3. The van der Waals surface area contributed by atoms with Crippen molar-refractivity contribution in [3.63, 3.8) is 0 Å². The Morgan fingerprint density at radius 3 is 1.97 bits per heavy atom. The topological polar surface area (TPSA) is 107 Å². The van der Waals surface area contributed by atoms with Crippen LogP contribution in [0.3, 0.4) is 0 Å². The number of piperidine rings is 2. The zero-order valence-corrected chi connectivity index (χ0v) is 21.3. The van der Waals surface area contributed by atoms with Gasteiger partial charge in [-0.3, -0.25) is 4.79 Å². The number of halogens is 3. The Labute approximate surface area is 224 Å². The van der Waals surface area contributed by atoms with Crippen molar-refractivity contribution in [3.8, 4) is 5.75 Å². The Balaban J connectivity index is 1.35. The van der Waals surface area contributed by atoms with Crippen molar-refractivity contribution in [3.05, 3.63) is 53.6 Å². The van der Waals surface area contributed by atoms with Gasteiger partial charge in [0, 0.05) is 43.6 Å². The molecule has 2 aromatic carbocycles. The van der Waals surface area contributed by atoms with E-state index in [4.69, 9.17) is 4.98 Å². The third-order valence-electron chi connectivity index (χ3n) is 6.84. The van der Waals surface area contributed by atoms with Gasteiger partial charge in [0.15, 0.2) is 0 Å². The van der Waals surface area contributed by atoms with Crippen LogP contribution in [0.5, 0.6) is 5.75 Å². The van der Waals surface area contributed by atoms with E-state index in [2.05, 4.69) is 30.4 Å². The number of amides is 1. The van der Waals surface area contributed by atoms with Crippen LogP contribution in [0, 0.1) is 0 Å². The number of nitrogens with zero attached hydrogens (tertiary/aromatic N) is 5. The fourth-order valence-corrected chi connectivity index (χ4v) is 4.78. The highest BCUT2D eigenvalue weighted by Gasteiger charge is 2.30. The predicted molar refractivity (Wildman–Crippen MR) is 143 cm³/mol. The van der Waals surface area contributed by atoms with Crippen LogP contribution < -0.4 is 20.4 Å². The minimum absolute atomic E-state index is 0.0305. The summed E-state index contributed by atoms with van der Waals surface area (Å²) < 4.78 is 39.0. The van der Waals surface area contributed by atoms with Crippen molar-refractivity contribution in [2.75, 3.05) is 46.6 Å². The molecule has 0 bridgehead atoms. The van der Waals surface area contributed by atoms with Crippen molar-refractivity contribution < 1.29 is 23.1 Å².